The van der Waals surface area contributed by atoms with Gasteiger partial charge < -0.3 is 0 Å². The maximum Gasteiger partial charge on any atom is 0.290 e. The fraction of sp³-hybridized carbons (Fsp3) is 0.458. The zero-order valence-electron chi connectivity index (χ0n) is 16.6. The fourth-order valence-corrected chi connectivity index (χ4v) is 4.60. The lowest BCUT2D eigenvalue weighted by atomic mass is 9.94. The van der Waals surface area contributed by atoms with Crippen LogP contribution in [0.5, 0.6) is 0 Å². The molecule has 0 amide bonds. The lowest BCUT2D eigenvalue weighted by Crippen LogP contribution is -2.31. The monoisotopic (exact) mass is 347 g/mol. The third kappa shape index (κ3) is 2.86. The summed E-state index contributed by atoms with van der Waals surface area (Å²) in [5, 5.41) is 0. The zero-order chi connectivity index (χ0) is 18.3. The van der Waals surface area contributed by atoms with E-state index in [1.807, 2.05) is 0 Å². The summed E-state index contributed by atoms with van der Waals surface area (Å²) in [5.74, 6) is 1.92. The number of benzene rings is 2. The lowest BCUT2D eigenvalue weighted by Gasteiger charge is -2.21. The van der Waals surface area contributed by atoms with Crippen LogP contribution in [0.2, 0.25) is 0 Å². The first-order valence-corrected chi connectivity index (χ1v) is 10.2. The molecular weight excluding hydrogens is 316 g/mol. The highest BCUT2D eigenvalue weighted by molar-refractivity contribution is 5.77. The number of fused-ring (bicyclic) bond motifs is 1. The van der Waals surface area contributed by atoms with Gasteiger partial charge in [-0.25, -0.2) is 9.13 Å². The zero-order valence-corrected chi connectivity index (χ0v) is 16.6. The van der Waals surface area contributed by atoms with Crippen LogP contribution in [0, 0.1) is 6.92 Å². The van der Waals surface area contributed by atoms with Crippen molar-refractivity contribution in [2.45, 2.75) is 64.8 Å². The van der Waals surface area contributed by atoms with Crippen molar-refractivity contribution in [3.8, 4) is 11.4 Å². The molecule has 0 bridgehead atoms. The Morgan fingerprint density at radius 2 is 1.73 bits per heavy atom. The molecule has 1 aliphatic rings. The van der Waals surface area contributed by atoms with Crippen LogP contribution in [0.15, 0.2) is 42.5 Å². The van der Waals surface area contributed by atoms with Gasteiger partial charge in [-0.05, 0) is 67.9 Å². The second kappa shape index (κ2) is 6.90. The highest BCUT2D eigenvalue weighted by Gasteiger charge is 2.31. The molecule has 0 radical (unpaired) electrons. The van der Waals surface area contributed by atoms with Crippen molar-refractivity contribution >= 4 is 11.0 Å². The highest BCUT2D eigenvalue weighted by atomic mass is 15.2. The van der Waals surface area contributed by atoms with Crippen LogP contribution >= 0.6 is 0 Å². The second-order valence-corrected chi connectivity index (χ2v) is 8.26. The molecular formula is C24H31N2+. The molecule has 0 unspecified atom stereocenters. The number of nitrogens with zero attached hydrogens (tertiary/aromatic N) is 2. The maximum absolute atomic E-state index is 2.65. The van der Waals surface area contributed by atoms with Crippen molar-refractivity contribution < 1.29 is 4.57 Å². The van der Waals surface area contributed by atoms with Gasteiger partial charge in [0.2, 0.25) is 0 Å². The van der Waals surface area contributed by atoms with E-state index in [4.69, 9.17) is 0 Å². The Balaban J connectivity index is 2.00. The Morgan fingerprint density at radius 1 is 1.00 bits per heavy atom. The Hall–Kier alpha value is -2.09. The summed E-state index contributed by atoms with van der Waals surface area (Å²) in [6.07, 6.45) is 6.69. The van der Waals surface area contributed by atoms with E-state index in [9.17, 15) is 0 Å². The predicted octanol–water partition coefficient (Wildman–Crippen LogP) is 6.07. The summed E-state index contributed by atoms with van der Waals surface area (Å²) in [6.45, 7) is 6.82. The standard InChI is InChI=1S/C24H31N2/c1-17(2)19-15-14-18(3)21(16-19)24-25(4)22-12-8-9-13-23(22)26(24)20-10-6-5-7-11-20/h8-9,12-17,20H,5-7,10-11H2,1-4H3/q+1. The number of aromatic nitrogens is 2. The van der Waals surface area contributed by atoms with Gasteiger partial charge in [0.05, 0.1) is 12.6 Å². The van der Waals surface area contributed by atoms with E-state index >= 15 is 0 Å². The van der Waals surface area contributed by atoms with Crippen LogP contribution < -0.4 is 4.57 Å². The van der Waals surface area contributed by atoms with E-state index in [1.54, 1.807) is 0 Å². The van der Waals surface area contributed by atoms with Crippen LogP contribution in [-0.2, 0) is 7.05 Å². The Kier molecular flexibility index (Phi) is 4.60. The van der Waals surface area contributed by atoms with Gasteiger partial charge in [0, 0.05) is 0 Å². The molecule has 1 fully saturated rings. The number of hydrogen-bond donors (Lipinski definition) is 0. The van der Waals surface area contributed by atoms with Crippen molar-refractivity contribution in [3.63, 3.8) is 0 Å². The minimum absolute atomic E-state index is 0.548. The number of hydrogen-bond acceptors (Lipinski definition) is 0. The molecule has 1 aromatic heterocycles. The van der Waals surface area contributed by atoms with Crippen LogP contribution in [0.3, 0.4) is 0 Å². The molecule has 1 aliphatic carbocycles. The van der Waals surface area contributed by atoms with Gasteiger partial charge in [-0.15, -0.1) is 0 Å². The minimum atomic E-state index is 0.548. The molecule has 2 aromatic carbocycles. The van der Waals surface area contributed by atoms with Crippen molar-refractivity contribution in [3.05, 3.63) is 53.6 Å². The third-order valence-corrected chi connectivity index (χ3v) is 6.16. The van der Waals surface area contributed by atoms with E-state index in [-0.39, 0.29) is 0 Å². The Labute approximate surface area is 157 Å². The number of imidazole rings is 1. The first-order valence-electron chi connectivity index (χ1n) is 10.2. The van der Waals surface area contributed by atoms with Gasteiger partial charge in [-0.1, -0.05) is 44.5 Å². The van der Waals surface area contributed by atoms with Gasteiger partial charge in [0.15, 0.2) is 11.0 Å². The smallest absolute Gasteiger partial charge is 0.226 e. The summed E-state index contributed by atoms with van der Waals surface area (Å²) >= 11 is 0. The quantitative estimate of drug-likeness (QED) is 0.508. The van der Waals surface area contributed by atoms with Crippen molar-refractivity contribution in [2.75, 3.05) is 0 Å². The van der Waals surface area contributed by atoms with Crippen LogP contribution in [0.4, 0.5) is 0 Å². The maximum atomic E-state index is 2.65. The van der Waals surface area contributed by atoms with Gasteiger partial charge >= 0.3 is 0 Å². The molecule has 0 spiro atoms. The second-order valence-electron chi connectivity index (χ2n) is 8.26. The van der Waals surface area contributed by atoms with E-state index in [0.29, 0.717) is 12.0 Å². The molecule has 2 heteroatoms. The molecule has 0 atom stereocenters. The Bertz CT molecular complexity index is 927. The van der Waals surface area contributed by atoms with Crippen LogP contribution in [0.25, 0.3) is 22.4 Å². The molecule has 2 nitrogen and oxygen atoms in total. The third-order valence-electron chi connectivity index (χ3n) is 6.16. The molecule has 26 heavy (non-hydrogen) atoms. The largest absolute Gasteiger partial charge is 0.290 e. The molecule has 0 N–H and O–H groups in total. The molecule has 1 saturated carbocycles. The molecule has 1 heterocycles. The topological polar surface area (TPSA) is 8.81 Å². The van der Waals surface area contributed by atoms with E-state index in [2.05, 4.69) is 79.4 Å². The number of rotatable bonds is 3. The van der Waals surface area contributed by atoms with Gasteiger partial charge in [-0.3, -0.25) is 0 Å². The Morgan fingerprint density at radius 3 is 2.46 bits per heavy atom. The molecule has 0 aliphatic heterocycles. The predicted molar refractivity (Wildman–Crippen MR) is 109 cm³/mol. The van der Waals surface area contributed by atoms with Gasteiger partial charge in [0.25, 0.3) is 5.82 Å². The van der Waals surface area contributed by atoms with E-state index < -0.39 is 0 Å². The molecule has 0 saturated heterocycles. The lowest BCUT2D eigenvalue weighted by molar-refractivity contribution is -0.634. The highest BCUT2D eigenvalue weighted by Crippen LogP contribution is 2.36. The SMILES string of the molecule is Cc1ccc(C(C)C)cc1-c1n(C2CCCCC2)c2ccccc2[n+]1C. The average molecular weight is 348 g/mol. The molecule has 136 valence electrons. The van der Waals surface area contributed by atoms with E-state index in [1.165, 1.54) is 65.7 Å². The fourth-order valence-electron chi connectivity index (χ4n) is 4.60. The van der Waals surface area contributed by atoms with Gasteiger partial charge in [-0.2, -0.15) is 0 Å². The summed E-state index contributed by atoms with van der Waals surface area (Å²) in [6, 6.07) is 16.5. The summed E-state index contributed by atoms with van der Waals surface area (Å²) < 4.78 is 5.07. The van der Waals surface area contributed by atoms with Crippen LogP contribution in [-0.4, -0.2) is 4.57 Å². The van der Waals surface area contributed by atoms with Gasteiger partial charge in [0.1, 0.15) is 6.04 Å². The summed E-state index contributed by atoms with van der Waals surface area (Å²) in [4.78, 5) is 0. The molecule has 3 aromatic rings. The average Bonchev–Trinajstić information content (AvgIpc) is 2.95. The number of para-hydroxylation sites is 2. The van der Waals surface area contributed by atoms with Crippen molar-refractivity contribution in [2.24, 2.45) is 7.05 Å². The van der Waals surface area contributed by atoms with Crippen molar-refractivity contribution in [1.29, 1.82) is 0 Å². The van der Waals surface area contributed by atoms with E-state index in [0.717, 1.165) is 0 Å². The summed E-state index contributed by atoms with van der Waals surface area (Å²) in [7, 11) is 2.23. The van der Waals surface area contributed by atoms with Crippen molar-refractivity contribution in [1.82, 2.24) is 4.57 Å². The first-order chi connectivity index (χ1) is 12.6. The normalized spacial score (nSPS) is 15.9. The minimum Gasteiger partial charge on any atom is -0.226 e. The molecule has 4 rings (SSSR count). The number of aryl methyl sites for hydroxylation is 2. The first kappa shape index (κ1) is 17.3. The van der Waals surface area contributed by atoms with Crippen LogP contribution in [0.1, 0.15) is 69.0 Å². The summed E-state index contributed by atoms with van der Waals surface area (Å²) in [5.41, 5.74) is 6.89.